The van der Waals surface area contributed by atoms with E-state index in [1.807, 2.05) is 11.4 Å². The molecule has 0 unspecified atom stereocenters. The third-order valence-corrected chi connectivity index (χ3v) is 4.05. The Balaban J connectivity index is 1.95. The number of halogens is 1. The number of hydrogen-bond donors (Lipinski definition) is 1. The fourth-order valence-corrected chi connectivity index (χ4v) is 2.97. The molecule has 1 aromatic heterocycles. The number of likely N-dealkylation sites (tertiary alicyclic amines) is 1. The van der Waals surface area contributed by atoms with Gasteiger partial charge in [0.05, 0.1) is 17.2 Å². The van der Waals surface area contributed by atoms with Crippen molar-refractivity contribution in [1.29, 1.82) is 0 Å². The van der Waals surface area contributed by atoms with Gasteiger partial charge in [-0.25, -0.2) is 0 Å². The molecule has 0 amide bonds. The molecule has 15 heavy (non-hydrogen) atoms. The molecule has 0 radical (unpaired) electrons. The average Bonchev–Trinajstić information content (AvgIpc) is 2.75. The normalized spacial score (nSPS) is 27.4. The van der Waals surface area contributed by atoms with Crippen LogP contribution in [0, 0.1) is 0 Å². The first kappa shape index (κ1) is 11.4. The van der Waals surface area contributed by atoms with Crippen molar-refractivity contribution in [2.75, 3.05) is 20.2 Å². The Labute approximate surface area is 98.2 Å². The van der Waals surface area contributed by atoms with E-state index in [9.17, 15) is 5.11 Å². The van der Waals surface area contributed by atoms with Crippen LogP contribution in [0.15, 0.2) is 11.4 Å². The maximum absolute atomic E-state index is 9.66. The molecule has 1 aliphatic heterocycles. The molecule has 1 saturated heterocycles. The summed E-state index contributed by atoms with van der Waals surface area (Å²) in [7, 11) is 1.63. The van der Waals surface area contributed by atoms with E-state index < -0.39 is 0 Å². The molecule has 0 aromatic carbocycles. The Morgan fingerprint density at radius 2 is 2.47 bits per heavy atom. The summed E-state index contributed by atoms with van der Waals surface area (Å²) < 4.78 is 5.18. The number of thiophene rings is 1. The van der Waals surface area contributed by atoms with Gasteiger partial charge in [0.25, 0.3) is 0 Å². The Kier molecular flexibility index (Phi) is 3.64. The van der Waals surface area contributed by atoms with Gasteiger partial charge >= 0.3 is 0 Å². The molecule has 5 heteroatoms. The topological polar surface area (TPSA) is 32.7 Å². The van der Waals surface area contributed by atoms with Crippen molar-refractivity contribution in [2.45, 2.75) is 18.8 Å². The van der Waals surface area contributed by atoms with Crippen molar-refractivity contribution in [3.63, 3.8) is 0 Å². The monoisotopic (exact) mass is 247 g/mol. The van der Waals surface area contributed by atoms with Crippen LogP contribution in [0.25, 0.3) is 0 Å². The molecule has 84 valence electrons. The number of rotatable bonds is 3. The molecule has 0 spiro atoms. The molecular weight excluding hydrogens is 234 g/mol. The average molecular weight is 248 g/mol. The summed E-state index contributed by atoms with van der Waals surface area (Å²) in [6.45, 7) is 2.23. The smallest absolute Gasteiger partial charge is 0.0969 e. The van der Waals surface area contributed by atoms with E-state index in [2.05, 4.69) is 4.90 Å². The lowest BCUT2D eigenvalue weighted by Crippen LogP contribution is -2.25. The van der Waals surface area contributed by atoms with Crippen molar-refractivity contribution in [3.05, 3.63) is 21.3 Å². The Morgan fingerprint density at radius 1 is 1.67 bits per heavy atom. The zero-order valence-corrected chi connectivity index (χ0v) is 10.1. The zero-order chi connectivity index (χ0) is 10.8. The first-order valence-corrected chi connectivity index (χ1v) is 6.11. The van der Waals surface area contributed by atoms with E-state index in [0.717, 1.165) is 23.0 Å². The summed E-state index contributed by atoms with van der Waals surface area (Å²) in [6, 6.07) is 1.90. The number of hydrogen-bond acceptors (Lipinski definition) is 4. The molecule has 1 N–H and O–H groups in total. The molecule has 1 aliphatic rings. The summed E-state index contributed by atoms with van der Waals surface area (Å²) in [4.78, 5) is 3.32. The second kappa shape index (κ2) is 4.80. The first-order valence-electron chi connectivity index (χ1n) is 4.86. The second-order valence-electron chi connectivity index (χ2n) is 3.73. The van der Waals surface area contributed by atoms with Gasteiger partial charge in [-0.3, -0.25) is 4.90 Å². The molecule has 2 heterocycles. The Morgan fingerprint density at radius 3 is 3.00 bits per heavy atom. The van der Waals surface area contributed by atoms with E-state index >= 15 is 0 Å². The van der Waals surface area contributed by atoms with Gasteiger partial charge in [0, 0.05) is 31.6 Å². The van der Waals surface area contributed by atoms with Crippen LogP contribution in [0.4, 0.5) is 0 Å². The standard InChI is InChI=1S/C10H14ClNO2S/c1-14-9-5-12(4-8(9)13)6-10-7(11)2-3-15-10/h2-3,8-9,13H,4-6H2,1H3/t8-,9-/m0/s1. The number of aliphatic hydroxyl groups is 1. The summed E-state index contributed by atoms with van der Waals surface area (Å²) in [6.07, 6.45) is -0.447. The maximum atomic E-state index is 9.66. The van der Waals surface area contributed by atoms with Crippen LogP contribution >= 0.6 is 22.9 Å². The van der Waals surface area contributed by atoms with Crippen molar-refractivity contribution in [2.24, 2.45) is 0 Å². The third-order valence-electron chi connectivity index (χ3n) is 2.67. The van der Waals surface area contributed by atoms with Gasteiger partial charge < -0.3 is 9.84 Å². The Bertz CT molecular complexity index is 331. The molecule has 0 bridgehead atoms. The summed E-state index contributed by atoms with van der Waals surface area (Å²) in [5.41, 5.74) is 0. The number of nitrogens with zero attached hydrogens (tertiary/aromatic N) is 1. The van der Waals surface area contributed by atoms with E-state index in [-0.39, 0.29) is 12.2 Å². The first-order chi connectivity index (χ1) is 7.20. The lowest BCUT2D eigenvalue weighted by molar-refractivity contribution is 0.0215. The van der Waals surface area contributed by atoms with Crippen LogP contribution in [-0.2, 0) is 11.3 Å². The van der Waals surface area contributed by atoms with Crippen LogP contribution in [0.1, 0.15) is 4.88 Å². The van der Waals surface area contributed by atoms with Crippen LogP contribution in [0.3, 0.4) is 0 Å². The molecule has 2 rings (SSSR count). The molecule has 0 aliphatic carbocycles. The van der Waals surface area contributed by atoms with Crippen LogP contribution in [0.2, 0.25) is 5.02 Å². The van der Waals surface area contributed by atoms with E-state index in [1.165, 1.54) is 0 Å². The molecule has 3 nitrogen and oxygen atoms in total. The summed E-state index contributed by atoms with van der Waals surface area (Å²) in [5.74, 6) is 0. The van der Waals surface area contributed by atoms with Crippen LogP contribution in [-0.4, -0.2) is 42.4 Å². The second-order valence-corrected chi connectivity index (χ2v) is 5.14. The minimum Gasteiger partial charge on any atom is -0.389 e. The minimum atomic E-state index is -0.381. The third kappa shape index (κ3) is 2.52. The van der Waals surface area contributed by atoms with Crippen molar-refractivity contribution in [3.8, 4) is 0 Å². The fourth-order valence-electron chi connectivity index (χ4n) is 1.83. The lowest BCUT2D eigenvalue weighted by atomic mass is 10.3. The fraction of sp³-hybridized carbons (Fsp3) is 0.600. The van der Waals surface area contributed by atoms with Crippen LogP contribution < -0.4 is 0 Å². The van der Waals surface area contributed by atoms with Gasteiger partial charge in [-0.1, -0.05) is 11.6 Å². The zero-order valence-electron chi connectivity index (χ0n) is 8.52. The molecular formula is C10H14ClNO2S. The minimum absolute atomic E-state index is 0.0660. The van der Waals surface area contributed by atoms with E-state index in [0.29, 0.717) is 6.54 Å². The molecule has 1 aromatic rings. The van der Waals surface area contributed by atoms with Crippen LogP contribution in [0.5, 0.6) is 0 Å². The highest BCUT2D eigenvalue weighted by Crippen LogP contribution is 2.25. The van der Waals surface area contributed by atoms with Gasteiger partial charge in [0.15, 0.2) is 0 Å². The predicted octanol–water partition coefficient (Wildman–Crippen LogP) is 1.59. The van der Waals surface area contributed by atoms with Gasteiger partial charge in [-0.2, -0.15) is 0 Å². The highest BCUT2D eigenvalue weighted by Gasteiger charge is 2.31. The molecule has 1 fully saturated rings. The number of methoxy groups -OCH3 is 1. The highest BCUT2D eigenvalue weighted by atomic mass is 35.5. The van der Waals surface area contributed by atoms with Crippen molar-refractivity contribution >= 4 is 22.9 Å². The van der Waals surface area contributed by atoms with E-state index in [1.54, 1.807) is 18.4 Å². The number of ether oxygens (including phenoxy) is 1. The maximum Gasteiger partial charge on any atom is 0.0969 e. The lowest BCUT2D eigenvalue weighted by Gasteiger charge is -2.13. The summed E-state index contributed by atoms with van der Waals surface area (Å²) in [5, 5.41) is 12.5. The van der Waals surface area contributed by atoms with Crippen molar-refractivity contribution in [1.82, 2.24) is 4.90 Å². The molecule has 0 saturated carbocycles. The van der Waals surface area contributed by atoms with Gasteiger partial charge in [0.1, 0.15) is 0 Å². The van der Waals surface area contributed by atoms with E-state index in [4.69, 9.17) is 16.3 Å². The van der Waals surface area contributed by atoms with Gasteiger partial charge in [0.2, 0.25) is 0 Å². The van der Waals surface area contributed by atoms with Gasteiger partial charge in [-0.05, 0) is 11.4 Å². The van der Waals surface area contributed by atoms with Crippen molar-refractivity contribution < 1.29 is 9.84 Å². The van der Waals surface area contributed by atoms with Gasteiger partial charge in [-0.15, -0.1) is 11.3 Å². The molecule has 2 atom stereocenters. The largest absolute Gasteiger partial charge is 0.389 e. The highest BCUT2D eigenvalue weighted by molar-refractivity contribution is 7.10. The Hall–Kier alpha value is -0.130. The number of aliphatic hydroxyl groups excluding tert-OH is 1. The SMILES string of the molecule is CO[C@H]1CN(Cc2sccc2Cl)C[C@@H]1O. The number of β-amino-alcohol motifs (C(OH)–C–C–N with tert-alkyl or cyclic N) is 1. The quantitative estimate of drug-likeness (QED) is 0.881. The predicted molar refractivity (Wildman–Crippen MR) is 61.4 cm³/mol. The summed E-state index contributed by atoms with van der Waals surface area (Å²) >= 11 is 7.67.